The summed E-state index contributed by atoms with van der Waals surface area (Å²) in [5.74, 6) is -6.83. The molecule has 0 radical (unpaired) electrons. The van der Waals surface area contributed by atoms with E-state index in [2.05, 4.69) is 4.98 Å². The standard InChI is InChI=1S/C16H13F3N2O4/c1-7(22)9-5-12(20-6-9)16(24)25-8(2)15(23)21-11-4-3-10(17)13(18)14(11)19/h3-6,8,20H,1-2H3,(H,21,23)/t8-/m1/s1. The van der Waals surface area contributed by atoms with Crippen LogP contribution in [0.1, 0.15) is 34.7 Å². The van der Waals surface area contributed by atoms with Gasteiger partial charge in [-0.3, -0.25) is 9.59 Å². The molecule has 0 aliphatic heterocycles. The smallest absolute Gasteiger partial charge is 0.355 e. The summed E-state index contributed by atoms with van der Waals surface area (Å²) in [5.41, 5.74) is -0.387. The molecule has 6 nitrogen and oxygen atoms in total. The number of Topliss-reactive ketones (excluding diaryl/α,β-unsaturated/α-hetero) is 1. The van der Waals surface area contributed by atoms with Gasteiger partial charge < -0.3 is 15.0 Å². The molecule has 0 fully saturated rings. The van der Waals surface area contributed by atoms with Crippen molar-refractivity contribution < 1.29 is 32.3 Å². The first-order chi connectivity index (χ1) is 11.7. The average molecular weight is 354 g/mol. The van der Waals surface area contributed by atoms with Crippen LogP contribution >= 0.6 is 0 Å². The summed E-state index contributed by atoms with van der Waals surface area (Å²) < 4.78 is 44.4. The van der Waals surface area contributed by atoms with E-state index in [1.54, 1.807) is 0 Å². The predicted molar refractivity (Wildman–Crippen MR) is 80.6 cm³/mol. The highest BCUT2D eigenvalue weighted by Gasteiger charge is 2.22. The van der Waals surface area contributed by atoms with Gasteiger partial charge in [0.05, 0.1) is 5.69 Å². The first-order valence-corrected chi connectivity index (χ1v) is 7.05. The van der Waals surface area contributed by atoms with Gasteiger partial charge in [-0.15, -0.1) is 0 Å². The fourth-order valence-electron chi connectivity index (χ4n) is 1.85. The van der Waals surface area contributed by atoms with Crippen LogP contribution in [0.25, 0.3) is 0 Å². The van der Waals surface area contributed by atoms with Crippen LogP contribution in [0.2, 0.25) is 0 Å². The van der Waals surface area contributed by atoms with Gasteiger partial charge in [-0.2, -0.15) is 0 Å². The van der Waals surface area contributed by atoms with E-state index in [0.29, 0.717) is 6.07 Å². The number of hydrogen-bond donors (Lipinski definition) is 2. The molecule has 1 amide bonds. The molecule has 1 heterocycles. The summed E-state index contributed by atoms with van der Waals surface area (Å²) in [7, 11) is 0. The zero-order valence-electron chi connectivity index (χ0n) is 13.2. The number of aromatic nitrogens is 1. The zero-order chi connectivity index (χ0) is 18.7. The molecule has 1 aromatic heterocycles. The Morgan fingerprint density at radius 3 is 2.44 bits per heavy atom. The van der Waals surface area contributed by atoms with E-state index >= 15 is 0 Å². The van der Waals surface area contributed by atoms with Crippen LogP contribution in [0.4, 0.5) is 18.9 Å². The summed E-state index contributed by atoms with van der Waals surface area (Å²) in [6.45, 7) is 2.52. The molecule has 0 aliphatic rings. The quantitative estimate of drug-likeness (QED) is 0.491. The van der Waals surface area contributed by atoms with E-state index < -0.39 is 41.1 Å². The molecule has 132 valence electrons. The van der Waals surface area contributed by atoms with Crippen LogP contribution in [0.15, 0.2) is 24.4 Å². The molecule has 2 N–H and O–H groups in total. The average Bonchev–Trinajstić information content (AvgIpc) is 3.05. The third-order valence-electron chi connectivity index (χ3n) is 3.26. The van der Waals surface area contributed by atoms with Gasteiger partial charge in [0.15, 0.2) is 29.3 Å². The van der Waals surface area contributed by atoms with Gasteiger partial charge in [0, 0.05) is 11.8 Å². The number of halogens is 3. The first-order valence-electron chi connectivity index (χ1n) is 7.05. The number of esters is 1. The van der Waals surface area contributed by atoms with Gasteiger partial charge in [0.1, 0.15) is 5.69 Å². The lowest BCUT2D eigenvalue weighted by Crippen LogP contribution is -2.30. The van der Waals surface area contributed by atoms with E-state index in [1.165, 1.54) is 26.1 Å². The molecule has 2 rings (SSSR count). The second kappa shape index (κ2) is 7.20. The van der Waals surface area contributed by atoms with E-state index in [4.69, 9.17) is 4.74 Å². The Labute approximate surface area is 140 Å². The second-order valence-electron chi connectivity index (χ2n) is 5.12. The lowest BCUT2D eigenvalue weighted by molar-refractivity contribution is -0.123. The highest BCUT2D eigenvalue weighted by Crippen LogP contribution is 2.20. The third kappa shape index (κ3) is 4.06. The number of carbonyl (C=O) groups excluding carboxylic acids is 3. The number of amides is 1. The maximum Gasteiger partial charge on any atom is 0.355 e. The topological polar surface area (TPSA) is 88.3 Å². The normalized spacial score (nSPS) is 11.7. The monoisotopic (exact) mass is 354 g/mol. The SMILES string of the molecule is CC(=O)c1c[nH]c(C(=O)O[C@H](C)C(=O)Nc2ccc(F)c(F)c2F)c1. The van der Waals surface area contributed by atoms with Crippen LogP contribution in [0.5, 0.6) is 0 Å². The van der Waals surface area contributed by atoms with Crippen LogP contribution < -0.4 is 5.32 Å². The molecule has 9 heteroatoms. The number of ether oxygens (including phenoxy) is 1. The van der Waals surface area contributed by atoms with Gasteiger partial charge in [-0.1, -0.05) is 0 Å². The minimum atomic E-state index is -1.73. The summed E-state index contributed by atoms with van der Waals surface area (Å²) in [4.78, 5) is 37.5. The van der Waals surface area contributed by atoms with Crippen molar-refractivity contribution in [1.82, 2.24) is 4.98 Å². The van der Waals surface area contributed by atoms with Crippen molar-refractivity contribution in [2.45, 2.75) is 20.0 Å². The molecule has 0 unspecified atom stereocenters. The van der Waals surface area contributed by atoms with Gasteiger partial charge >= 0.3 is 5.97 Å². The Bertz CT molecular complexity index is 848. The lowest BCUT2D eigenvalue weighted by atomic mass is 10.2. The molecule has 0 aliphatic carbocycles. The van der Waals surface area contributed by atoms with Gasteiger partial charge in [0.25, 0.3) is 5.91 Å². The number of rotatable bonds is 5. The van der Waals surface area contributed by atoms with Crippen LogP contribution in [0.3, 0.4) is 0 Å². The predicted octanol–water partition coefficient (Wildman–Crippen LogP) is 2.82. The van der Waals surface area contributed by atoms with Crippen molar-refractivity contribution in [3.8, 4) is 0 Å². The summed E-state index contributed by atoms with van der Waals surface area (Å²) in [6, 6.07) is 2.74. The van der Waals surface area contributed by atoms with Crippen molar-refractivity contribution in [3.63, 3.8) is 0 Å². The number of ketones is 1. The molecule has 1 aromatic carbocycles. The zero-order valence-corrected chi connectivity index (χ0v) is 13.2. The number of nitrogens with one attached hydrogen (secondary N) is 2. The number of carbonyl (C=O) groups is 3. The van der Waals surface area contributed by atoms with Crippen molar-refractivity contribution in [1.29, 1.82) is 0 Å². The number of H-pyrrole nitrogens is 1. The van der Waals surface area contributed by atoms with Crippen molar-refractivity contribution in [3.05, 3.63) is 53.1 Å². The molecule has 0 bridgehead atoms. The largest absolute Gasteiger partial charge is 0.448 e. The van der Waals surface area contributed by atoms with Crippen LogP contribution in [-0.2, 0) is 9.53 Å². The Morgan fingerprint density at radius 2 is 1.84 bits per heavy atom. The Morgan fingerprint density at radius 1 is 1.16 bits per heavy atom. The molecule has 1 atom stereocenters. The Hall–Kier alpha value is -3.10. The Kier molecular flexibility index (Phi) is 5.26. The van der Waals surface area contributed by atoms with E-state index in [9.17, 15) is 27.6 Å². The molecular formula is C16H13F3N2O4. The third-order valence-corrected chi connectivity index (χ3v) is 3.26. The summed E-state index contributed by atoms with van der Waals surface area (Å²) >= 11 is 0. The fraction of sp³-hybridized carbons (Fsp3) is 0.188. The lowest BCUT2D eigenvalue weighted by Gasteiger charge is -2.13. The highest BCUT2D eigenvalue weighted by atomic mass is 19.2. The van der Waals surface area contributed by atoms with Crippen LogP contribution in [0, 0.1) is 17.5 Å². The molecule has 25 heavy (non-hydrogen) atoms. The van der Waals surface area contributed by atoms with Gasteiger partial charge in [-0.05, 0) is 32.0 Å². The second-order valence-corrected chi connectivity index (χ2v) is 5.12. The minimum Gasteiger partial charge on any atom is -0.448 e. The van der Waals surface area contributed by atoms with E-state index in [1.807, 2.05) is 5.32 Å². The summed E-state index contributed by atoms with van der Waals surface area (Å²) in [5, 5.41) is 2.00. The summed E-state index contributed by atoms with van der Waals surface area (Å²) in [6.07, 6.45) is -0.0514. The molecule has 0 saturated heterocycles. The highest BCUT2D eigenvalue weighted by molar-refractivity contribution is 5.99. The number of anilines is 1. The molecule has 2 aromatic rings. The maximum absolute atomic E-state index is 13.5. The number of benzene rings is 1. The number of hydrogen-bond acceptors (Lipinski definition) is 4. The molecule has 0 saturated carbocycles. The van der Waals surface area contributed by atoms with Crippen molar-refractivity contribution in [2.24, 2.45) is 0 Å². The van der Waals surface area contributed by atoms with Crippen molar-refractivity contribution in [2.75, 3.05) is 5.32 Å². The van der Waals surface area contributed by atoms with E-state index in [0.717, 1.165) is 6.07 Å². The van der Waals surface area contributed by atoms with Crippen LogP contribution in [-0.4, -0.2) is 28.7 Å². The maximum atomic E-state index is 13.5. The van der Waals surface area contributed by atoms with Crippen molar-refractivity contribution >= 4 is 23.3 Å². The molecular weight excluding hydrogens is 341 g/mol. The van der Waals surface area contributed by atoms with Gasteiger partial charge in [0.2, 0.25) is 0 Å². The number of aromatic amines is 1. The fourth-order valence-corrected chi connectivity index (χ4v) is 1.85. The van der Waals surface area contributed by atoms with Gasteiger partial charge in [-0.25, -0.2) is 18.0 Å². The minimum absolute atomic E-state index is 0.0520. The first kappa shape index (κ1) is 18.2. The molecule has 0 spiro atoms. The van der Waals surface area contributed by atoms with E-state index in [-0.39, 0.29) is 17.0 Å². The Balaban J connectivity index is 2.03.